The largest absolute Gasteiger partial charge is 0.477 e. The number of hydrogen-bond acceptors (Lipinski definition) is 2. The maximum Gasteiger partial charge on any atom is 0.362 e. The van der Waals surface area contributed by atoms with Crippen LogP contribution in [0.2, 0.25) is 0 Å². The summed E-state index contributed by atoms with van der Waals surface area (Å²) in [5, 5.41) is 9.36. The quantitative estimate of drug-likeness (QED) is 0.558. The van der Waals surface area contributed by atoms with E-state index in [1.807, 2.05) is 21.1 Å². The van der Waals surface area contributed by atoms with Crippen molar-refractivity contribution in [2.75, 3.05) is 21.1 Å². The summed E-state index contributed by atoms with van der Waals surface area (Å²) in [5.74, 6) is -0.837. The monoisotopic (exact) mass is 228 g/mol. The minimum Gasteiger partial charge on any atom is -0.477 e. The third-order valence-corrected chi connectivity index (χ3v) is 2.38. The van der Waals surface area contributed by atoms with Gasteiger partial charge in [-0.15, -0.1) is 0 Å². The number of aliphatic imine (C=N–C) groups is 2. The molecular weight excluding hydrogens is 214 g/mol. The van der Waals surface area contributed by atoms with Crippen LogP contribution < -0.4 is 0 Å². The van der Waals surface area contributed by atoms with Crippen LogP contribution in [0.3, 0.4) is 0 Å². The van der Waals surface area contributed by atoms with Crippen LogP contribution >= 0.6 is 12.2 Å². The fourth-order valence-corrected chi connectivity index (χ4v) is 1.47. The number of carboxylic acid groups (broad SMARTS) is 1. The normalized spacial score (nSPS) is 17.8. The molecule has 0 fully saturated rings. The van der Waals surface area contributed by atoms with Gasteiger partial charge in [0.1, 0.15) is 0 Å². The third kappa shape index (κ3) is 3.17. The maximum absolute atomic E-state index is 11.1. The highest BCUT2D eigenvalue weighted by molar-refractivity contribution is 7.80. The number of hydrogen-bond donors (Lipinski definition) is 1. The predicted octanol–water partition coefficient (Wildman–Crippen LogP) is 0.346. The van der Waals surface area contributed by atoms with Crippen molar-refractivity contribution in [3.05, 3.63) is 0 Å². The molecule has 0 aromatic carbocycles. The Balaban J connectivity index is 2.77. The lowest BCUT2D eigenvalue weighted by molar-refractivity contribution is -0.886. The molecule has 1 N–H and O–H groups in total. The zero-order chi connectivity index (χ0) is 11.6. The first-order valence-corrected chi connectivity index (χ1v) is 4.91. The van der Waals surface area contributed by atoms with E-state index in [1.54, 1.807) is 0 Å². The van der Waals surface area contributed by atoms with Gasteiger partial charge in [-0.1, -0.05) is 0 Å². The fraction of sp³-hybridized carbons (Fsp3) is 0.556. The molecule has 82 valence electrons. The van der Waals surface area contributed by atoms with Crippen molar-refractivity contribution in [1.29, 1.82) is 0 Å². The molecule has 0 amide bonds. The molecule has 15 heavy (non-hydrogen) atoms. The lowest BCUT2D eigenvalue weighted by atomic mass is 10.1. The van der Waals surface area contributed by atoms with Crippen molar-refractivity contribution in [1.82, 2.24) is 0 Å². The molecule has 0 aliphatic carbocycles. The van der Waals surface area contributed by atoms with Gasteiger partial charge in [0.15, 0.2) is 6.04 Å². The summed E-state index contributed by atoms with van der Waals surface area (Å²) in [5.41, 5.74) is 0.639. The maximum atomic E-state index is 11.1. The summed E-state index contributed by atoms with van der Waals surface area (Å²) in [6, 6.07) is -0.531. The van der Waals surface area contributed by atoms with Gasteiger partial charge in [0, 0.05) is 0 Å². The van der Waals surface area contributed by atoms with E-state index in [2.05, 4.69) is 9.98 Å². The minimum atomic E-state index is -0.837. The van der Waals surface area contributed by atoms with Crippen molar-refractivity contribution in [3.8, 4) is 0 Å². The number of thiocarbonyl (C=S) groups is 1. The standard InChI is InChI=1S/C9H13N3O2S/c1-12(2,3)7(8(13)14)4-6-5-10-9(15)11-6/h5,7H,4H2,1-3H3/p+1/t7-/m0/s1. The molecule has 1 heterocycles. The van der Waals surface area contributed by atoms with Gasteiger partial charge in [-0.2, -0.15) is 0 Å². The molecule has 1 aliphatic heterocycles. The summed E-state index contributed by atoms with van der Waals surface area (Å²) in [7, 11) is 5.51. The van der Waals surface area contributed by atoms with Crippen molar-refractivity contribution in [2.45, 2.75) is 12.5 Å². The van der Waals surface area contributed by atoms with Gasteiger partial charge in [-0.05, 0) is 12.2 Å². The lowest BCUT2D eigenvalue weighted by Crippen LogP contribution is -2.50. The summed E-state index contributed by atoms with van der Waals surface area (Å²) >= 11 is 4.77. The van der Waals surface area contributed by atoms with Crippen molar-refractivity contribution in [3.63, 3.8) is 0 Å². The van der Waals surface area contributed by atoms with E-state index in [9.17, 15) is 4.79 Å². The first kappa shape index (κ1) is 11.9. The number of nitrogens with zero attached hydrogens (tertiary/aromatic N) is 3. The van der Waals surface area contributed by atoms with Gasteiger partial charge in [-0.25, -0.2) is 14.8 Å². The van der Waals surface area contributed by atoms with Gasteiger partial charge in [0.2, 0.25) is 5.11 Å². The Kier molecular flexibility index (Phi) is 3.31. The van der Waals surface area contributed by atoms with E-state index in [4.69, 9.17) is 17.3 Å². The van der Waals surface area contributed by atoms with Gasteiger partial charge < -0.3 is 9.59 Å². The van der Waals surface area contributed by atoms with Crippen molar-refractivity contribution < 1.29 is 14.4 Å². The second-order valence-corrected chi connectivity index (χ2v) is 4.68. The molecule has 1 rings (SSSR count). The van der Waals surface area contributed by atoms with Crippen LogP contribution in [0.4, 0.5) is 0 Å². The zero-order valence-corrected chi connectivity index (χ0v) is 9.78. The van der Waals surface area contributed by atoms with Gasteiger partial charge in [0.05, 0.1) is 39.5 Å². The van der Waals surface area contributed by atoms with Crippen molar-refractivity contribution in [2.24, 2.45) is 9.98 Å². The molecule has 5 nitrogen and oxygen atoms in total. The highest BCUT2D eigenvalue weighted by atomic mass is 32.1. The summed E-state index contributed by atoms with van der Waals surface area (Å²) in [6.07, 6.45) is 1.89. The molecule has 0 bridgehead atoms. The number of aliphatic carboxylic acids is 1. The van der Waals surface area contributed by atoms with Crippen LogP contribution in [-0.4, -0.2) is 59.8 Å². The number of carbonyl (C=O) groups is 1. The molecule has 0 spiro atoms. The van der Waals surface area contributed by atoms with Gasteiger partial charge in [-0.3, -0.25) is 0 Å². The van der Waals surface area contributed by atoms with Crippen LogP contribution in [0, 0.1) is 0 Å². The second kappa shape index (κ2) is 4.16. The van der Waals surface area contributed by atoms with Crippen LogP contribution in [0.1, 0.15) is 6.42 Å². The molecule has 0 aromatic heterocycles. The first-order chi connectivity index (χ1) is 6.80. The molecule has 6 heteroatoms. The number of likely N-dealkylation sites (N-methyl/N-ethyl adjacent to an activating group) is 1. The highest BCUT2D eigenvalue weighted by Crippen LogP contribution is 2.10. The smallest absolute Gasteiger partial charge is 0.362 e. The third-order valence-electron chi connectivity index (χ3n) is 2.19. The van der Waals surface area contributed by atoms with E-state index >= 15 is 0 Å². The van der Waals surface area contributed by atoms with Crippen LogP contribution in [-0.2, 0) is 4.79 Å². The fourth-order valence-electron chi connectivity index (χ4n) is 1.30. The second-order valence-electron chi connectivity index (χ2n) is 4.32. The molecule has 0 radical (unpaired) electrons. The van der Waals surface area contributed by atoms with E-state index in [0.717, 1.165) is 0 Å². The molecular formula is C9H14N3O2S+. The van der Waals surface area contributed by atoms with Crippen LogP contribution in [0.25, 0.3) is 0 Å². The predicted molar refractivity (Wildman–Crippen MR) is 62.6 cm³/mol. The average Bonchev–Trinajstić information content (AvgIpc) is 2.44. The topological polar surface area (TPSA) is 62.0 Å². The SMILES string of the molecule is C[N+](C)(C)[C@@H](CC1=NC(=S)N=C1)C(=O)O. The Labute approximate surface area is 93.7 Å². The molecule has 0 saturated heterocycles. The summed E-state index contributed by atoms with van der Waals surface area (Å²) in [6.45, 7) is 0. The van der Waals surface area contributed by atoms with Crippen LogP contribution in [0.5, 0.6) is 0 Å². The van der Waals surface area contributed by atoms with Gasteiger partial charge >= 0.3 is 5.97 Å². The summed E-state index contributed by atoms with van der Waals surface area (Å²) < 4.78 is 0.342. The number of carboxylic acids is 1. The first-order valence-electron chi connectivity index (χ1n) is 4.50. The summed E-state index contributed by atoms with van der Waals surface area (Å²) in [4.78, 5) is 18.9. The Hall–Kier alpha value is -1.14. The highest BCUT2D eigenvalue weighted by Gasteiger charge is 2.32. The number of quaternary nitrogens is 1. The Morgan fingerprint density at radius 3 is 2.53 bits per heavy atom. The number of rotatable bonds is 4. The Bertz CT molecular complexity index is 355. The van der Waals surface area contributed by atoms with E-state index in [1.165, 1.54) is 6.21 Å². The molecule has 0 saturated carbocycles. The Morgan fingerprint density at radius 1 is 1.60 bits per heavy atom. The van der Waals surface area contributed by atoms with E-state index in [-0.39, 0.29) is 5.11 Å². The molecule has 1 aliphatic rings. The average molecular weight is 228 g/mol. The van der Waals surface area contributed by atoms with Crippen molar-refractivity contribution >= 4 is 35.2 Å². The molecule has 0 unspecified atom stereocenters. The lowest BCUT2D eigenvalue weighted by Gasteiger charge is -2.30. The van der Waals surface area contributed by atoms with E-state index < -0.39 is 12.0 Å². The Morgan fingerprint density at radius 2 is 2.20 bits per heavy atom. The molecule has 1 atom stereocenters. The van der Waals surface area contributed by atoms with Crippen LogP contribution in [0.15, 0.2) is 9.98 Å². The van der Waals surface area contributed by atoms with Gasteiger partial charge in [0.25, 0.3) is 0 Å². The minimum absolute atomic E-state index is 0.274. The zero-order valence-electron chi connectivity index (χ0n) is 8.97. The van der Waals surface area contributed by atoms with E-state index in [0.29, 0.717) is 16.6 Å². The molecule has 0 aromatic rings.